The van der Waals surface area contributed by atoms with E-state index < -0.39 is 11.9 Å². The maximum atomic E-state index is 10.3. The van der Waals surface area contributed by atoms with Crippen molar-refractivity contribution in [2.75, 3.05) is 14.2 Å². The van der Waals surface area contributed by atoms with Crippen molar-refractivity contribution >= 4 is 11.6 Å². The normalized spacial score (nSPS) is 14.9. The Kier molecular flexibility index (Phi) is 5.33. The van der Waals surface area contributed by atoms with Gasteiger partial charge in [0, 0.05) is 39.5 Å². The van der Waals surface area contributed by atoms with Crippen molar-refractivity contribution in [2.24, 2.45) is 0 Å². The summed E-state index contributed by atoms with van der Waals surface area (Å²) in [5, 5.41) is 10.8. The molecule has 1 aromatic heterocycles. The zero-order valence-electron chi connectivity index (χ0n) is 10.3. The topological polar surface area (TPSA) is 51.6 Å². The molecule has 5 heteroatoms. The molecule has 0 aliphatic heterocycles. The molecule has 0 aliphatic rings. The summed E-state index contributed by atoms with van der Waals surface area (Å²) in [5.74, 6) is 0. The quantitative estimate of drug-likeness (QED) is 0.795. The Bertz CT molecular complexity index is 353. The van der Waals surface area contributed by atoms with Crippen molar-refractivity contribution in [3.63, 3.8) is 0 Å². The van der Waals surface area contributed by atoms with Gasteiger partial charge in [0.2, 0.25) is 0 Å². The van der Waals surface area contributed by atoms with Gasteiger partial charge in [-0.25, -0.2) is 0 Å². The molecule has 0 saturated heterocycles. The molecule has 0 amide bonds. The van der Waals surface area contributed by atoms with Gasteiger partial charge in [-0.3, -0.25) is 4.98 Å². The largest absolute Gasteiger partial charge is 0.390 e. The average molecular weight is 260 g/mol. The van der Waals surface area contributed by atoms with Crippen molar-refractivity contribution in [3.8, 4) is 0 Å². The zero-order chi connectivity index (χ0) is 12.9. The number of aliphatic hydroxyl groups is 1. The molecule has 17 heavy (non-hydrogen) atoms. The lowest BCUT2D eigenvalue weighted by molar-refractivity contribution is -0.139. The summed E-state index contributed by atoms with van der Waals surface area (Å²) in [5.41, 5.74) is -0.0839. The maximum absolute atomic E-state index is 10.3. The second-order valence-electron chi connectivity index (χ2n) is 4.25. The number of hydrogen-bond donors (Lipinski definition) is 1. The third-order valence-corrected chi connectivity index (χ3v) is 2.90. The molecule has 1 N–H and O–H groups in total. The monoisotopic (exact) mass is 259 g/mol. The lowest BCUT2D eigenvalue weighted by Gasteiger charge is -2.27. The minimum Gasteiger partial charge on any atom is -0.390 e. The van der Waals surface area contributed by atoms with Crippen LogP contribution in [0.15, 0.2) is 18.5 Å². The van der Waals surface area contributed by atoms with Gasteiger partial charge in [0.05, 0.1) is 10.6 Å². The summed E-state index contributed by atoms with van der Waals surface area (Å²) in [4.78, 5) is 3.91. The first-order valence-corrected chi connectivity index (χ1v) is 5.72. The number of halogens is 1. The number of methoxy groups -OCH3 is 2. The maximum Gasteiger partial charge on any atom is 0.159 e. The molecule has 1 atom stereocenters. The second kappa shape index (κ2) is 6.31. The molecule has 1 heterocycles. The van der Waals surface area contributed by atoms with Crippen molar-refractivity contribution in [1.82, 2.24) is 4.98 Å². The summed E-state index contributed by atoms with van der Waals surface area (Å²) in [7, 11) is 3.09. The van der Waals surface area contributed by atoms with Crippen molar-refractivity contribution in [2.45, 2.75) is 31.7 Å². The summed E-state index contributed by atoms with van der Waals surface area (Å²) < 4.78 is 10.2. The van der Waals surface area contributed by atoms with Gasteiger partial charge in [-0.15, -0.1) is 0 Å². The number of aromatic nitrogens is 1. The molecule has 1 aromatic rings. The molecule has 0 spiro atoms. The van der Waals surface area contributed by atoms with Gasteiger partial charge in [-0.1, -0.05) is 11.6 Å². The van der Waals surface area contributed by atoms with E-state index in [1.807, 2.05) is 0 Å². The minimum atomic E-state index is -0.943. The van der Waals surface area contributed by atoms with Crippen LogP contribution in [0.3, 0.4) is 0 Å². The van der Waals surface area contributed by atoms with Crippen LogP contribution in [0.1, 0.15) is 18.9 Å². The van der Waals surface area contributed by atoms with Crippen LogP contribution in [0.4, 0.5) is 0 Å². The van der Waals surface area contributed by atoms with Gasteiger partial charge < -0.3 is 14.6 Å². The molecule has 96 valence electrons. The highest BCUT2D eigenvalue weighted by molar-refractivity contribution is 6.31. The number of hydrogen-bond acceptors (Lipinski definition) is 4. The van der Waals surface area contributed by atoms with E-state index in [-0.39, 0.29) is 0 Å². The van der Waals surface area contributed by atoms with E-state index in [1.54, 1.807) is 39.6 Å². The van der Waals surface area contributed by atoms with Crippen molar-refractivity contribution in [3.05, 3.63) is 29.0 Å². The molecule has 0 radical (unpaired) electrons. The molecular weight excluding hydrogens is 242 g/mol. The molecule has 0 aromatic carbocycles. The summed E-state index contributed by atoms with van der Waals surface area (Å²) in [6, 6.07) is 1.80. The Morgan fingerprint density at radius 1 is 1.47 bits per heavy atom. The SMILES string of the molecule is COC(CC(C)(O)Cc1ccncc1Cl)OC. The molecule has 1 unspecified atom stereocenters. The van der Waals surface area contributed by atoms with Gasteiger partial charge in [0.1, 0.15) is 0 Å². The standard InChI is InChI=1S/C12H18ClNO3/c1-12(15,7-11(16-2)17-3)6-9-4-5-14-8-10(9)13/h4-5,8,11,15H,6-7H2,1-3H3. The van der Waals surface area contributed by atoms with E-state index in [0.717, 1.165) is 5.56 Å². The number of pyridine rings is 1. The van der Waals surface area contributed by atoms with Crippen LogP contribution >= 0.6 is 11.6 Å². The first-order valence-electron chi connectivity index (χ1n) is 5.35. The van der Waals surface area contributed by atoms with Gasteiger partial charge in [0.25, 0.3) is 0 Å². The van der Waals surface area contributed by atoms with Crippen LogP contribution < -0.4 is 0 Å². The third-order valence-electron chi connectivity index (χ3n) is 2.56. The van der Waals surface area contributed by atoms with Crippen molar-refractivity contribution < 1.29 is 14.6 Å². The first-order chi connectivity index (χ1) is 7.98. The van der Waals surface area contributed by atoms with E-state index in [4.69, 9.17) is 21.1 Å². The number of nitrogens with zero attached hydrogens (tertiary/aromatic N) is 1. The molecule has 0 saturated carbocycles. The average Bonchev–Trinajstić information content (AvgIpc) is 2.29. The minimum absolute atomic E-state index is 0.374. The Balaban J connectivity index is 2.69. The summed E-state index contributed by atoms with van der Waals surface area (Å²) >= 11 is 6.00. The van der Waals surface area contributed by atoms with Gasteiger partial charge in [0.15, 0.2) is 6.29 Å². The van der Waals surface area contributed by atoms with Crippen LogP contribution in [0.2, 0.25) is 5.02 Å². The molecule has 0 fully saturated rings. The zero-order valence-corrected chi connectivity index (χ0v) is 11.1. The van der Waals surface area contributed by atoms with E-state index in [1.165, 1.54) is 0 Å². The summed E-state index contributed by atoms with van der Waals surface area (Å²) in [6.45, 7) is 1.73. The van der Waals surface area contributed by atoms with Crippen molar-refractivity contribution in [1.29, 1.82) is 0 Å². The second-order valence-corrected chi connectivity index (χ2v) is 4.65. The molecule has 0 bridgehead atoms. The highest BCUT2D eigenvalue weighted by Gasteiger charge is 2.26. The number of ether oxygens (including phenoxy) is 2. The van der Waals surface area contributed by atoms with Crippen LogP contribution in [-0.2, 0) is 15.9 Å². The van der Waals surface area contributed by atoms with E-state index in [9.17, 15) is 5.11 Å². The Morgan fingerprint density at radius 3 is 2.65 bits per heavy atom. The van der Waals surface area contributed by atoms with Gasteiger partial charge >= 0.3 is 0 Å². The van der Waals surface area contributed by atoms with E-state index >= 15 is 0 Å². The first kappa shape index (κ1) is 14.4. The third kappa shape index (κ3) is 4.60. The van der Waals surface area contributed by atoms with Crippen LogP contribution in [0.25, 0.3) is 0 Å². The molecule has 1 rings (SSSR count). The molecular formula is C12H18ClNO3. The van der Waals surface area contributed by atoms with Crippen LogP contribution in [0, 0.1) is 0 Å². The van der Waals surface area contributed by atoms with Crippen LogP contribution in [0.5, 0.6) is 0 Å². The smallest absolute Gasteiger partial charge is 0.159 e. The fourth-order valence-electron chi connectivity index (χ4n) is 1.65. The Labute approximate surface area is 107 Å². The number of rotatable bonds is 6. The molecule has 0 aliphatic carbocycles. The highest BCUT2D eigenvalue weighted by Crippen LogP contribution is 2.24. The van der Waals surface area contributed by atoms with Gasteiger partial charge in [-0.05, 0) is 18.6 Å². The highest BCUT2D eigenvalue weighted by atomic mass is 35.5. The fraction of sp³-hybridized carbons (Fsp3) is 0.583. The lowest BCUT2D eigenvalue weighted by Crippen LogP contribution is -2.34. The van der Waals surface area contributed by atoms with E-state index in [0.29, 0.717) is 17.9 Å². The molecule has 4 nitrogen and oxygen atoms in total. The predicted molar refractivity (Wildman–Crippen MR) is 66.0 cm³/mol. The van der Waals surface area contributed by atoms with Gasteiger partial charge in [-0.2, -0.15) is 0 Å². The Hall–Kier alpha value is -0.680. The predicted octanol–water partition coefficient (Wildman–Crippen LogP) is 2.04. The Morgan fingerprint density at radius 2 is 2.12 bits per heavy atom. The fourth-order valence-corrected chi connectivity index (χ4v) is 1.84. The lowest BCUT2D eigenvalue weighted by atomic mass is 9.93. The van der Waals surface area contributed by atoms with Crippen LogP contribution in [-0.4, -0.2) is 36.2 Å². The van der Waals surface area contributed by atoms with E-state index in [2.05, 4.69) is 4.98 Å². The summed E-state index contributed by atoms with van der Waals surface area (Å²) in [6.07, 6.45) is 3.60.